The highest BCUT2D eigenvalue weighted by molar-refractivity contribution is 5.87. The largest absolute Gasteiger partial charge is 0.478 e. The molecule has 0 aliphatic carbocycles. The Labute approximate surface area is 209 Å². The molecule has 0 saturated carbocycles. The van der Waals surface area contributed by atoms with Gasteiger partial charge in [-0.05, 0) is 48.7 Å². The summed E-state index contributed by atoms with van der Waals surface area (Å²) in [6.07, 6.45) is 4.55. The number of nitrogens with zero attached hydrogens (tertiary/aromatic N) is 7. The maximum absolute atomic E-state index is 13.8. The third-order valence-electron chi connectivity index (χ3n) is 6.66. The van der Waals surface area contributed by atoms with Crippen LogP contribution >= 0.6 is 0 Å². The third-order valence-corrected chi connectivity index (χ3v) is 6.66. The van der Waals surface area contributed by atoms with Gasteiger partial charge in [0.1, 0.15) is 11.8 Å². The van der Waals surface area contributed by atoms with Crippen molar-refractivity contribution in [2.24, 2.45) is 0 Å². The Bertz CT molecular complexity index is 1770. The van der Waals surface area contributed by atoms with Crippen LogP contribution in [0.15, 0.2) is 59.8 Å². The van der Waals surface area contributed by atoms with Crippen molar-refractivity contribution in [3.63, 3.8) is 0 Å². The summed E-state index contributed by atoms with van der Waals surface area (Å²) in [6.45, 7) is 1.27. The minimum atomic E-state index is -1.03. The van der Waals surface area contributed by atoms with Crippen LogP contribution in [0.4, 0.5) is 0 Å². The molecule has 1 saturated heterocycles. The van der Waals surface area contributed by atoms with Crippen LogP contribution in [0.3, 0.4) is 0 Å². The summed E-state index contributed by atoms with van der Waals surface area (Å²) in [6, 6.07) is 13.8. The number of fused-ring (bicyclic) bond motifs is 2. The van der Waals surface area contributed by atoms with Gasteiger partial charge in [0, 0.05) is 19.3 Å². The van der Waals surface area contributed by atoms with Gasteiger partial charge in [0.25, 0.3) is 0 Å². The van der Waals surface area contributed by atoms with Crippen LogP contribution in [0.1, 0.15) is 40.4 Å². The first-order valence-corrected chi connectivity index (χ1v) is 11.8. The van der Waals surface area contributed by atoms with Crippen molar-refractivity contribution in [3.05, 3.63) is 82.2 Å². The minimum Gasteiger partial charge on any atom is -0.478 e. The smallest absolute Gasteiger partial charge is 0.335 e. The maximum Gasteiger partial charge on any atom is 0.335 e. The fraction of sp³-hybridized carbons (Fsp3) is 0.231. The molecule has 0 spiro atoms. The first-order chi connectivity index (χ1) is 18.0. The van der Waals surface area contributed by atoms with E-state index in [4.69, 9.17) is 9.72 Å². The van der Waals surface area contributed by atoms with E-state index in [1.807, 2.05) is 0 Å². The van der Waals surface area contributed by atoms with Crippen molar-refractivity contribution in [1.82, 2.24) is 28.7 Å². The lowest BCUT2D eigenvalue weighted by Gasteiger charge is -2.22. The lowest BCUT2D eigenvalue weighted by molar-refractivity contribution is 0.0692. The molecule has 11 nitrogen and oxygen atoms in total. The molecule has 0 unspecified atom stereocenters. The summed E-state index contributed by atoms with van der Waals surface area (Å²) in [5.41, 5.74) is 3.49. The Morgan fingerprint density at radius 2 is 1.97 bits per heavy atom. The standard InChI is InChI=1S/C26H21N7O4/c27-12-16-4-5-20-21(11-16)32(15-29-20)25-28-13-22-23(30-25)33(19-6-8-37-9-7-19)26(36)31(22)14-17-2-1-3-18(10-17)24(34)35/h1-5,10-11,13,15,19H,6-9,14H2,(H,34,35). The molecule has 0 atom stereocenters. The fourth-order valence-corrected chi connectivity index (χ4v) is 4.81. The summed E-state index contributed by atoms with van der Waals surface area (Å²) in [5.74, 6) is -0.699. The monoisotopic (exact) mass is 495 g/mol. The number of aromatic nitrogens is 6. The molecule has 37 heavy (non-hydrogen) atoms. The van der Waals surface area contributed by atoms with Crippen LogP contribution in [0, 0.1) is 11.3 Å². The lowest BCUT2D eigenvalue weighted by atomic mass is 10.1. The van der Waals surface area contributed by atoms with E-state index in [0.29, 0.717) is 65.3 Å². The highest BCUT2D eigenvalue weighted by Crippen LogP contribution is 2.25. The van der Waals surface area contributed by atoms with Gasteiger partial charge in [0.05, 0.1) is 41.0 Å². The number of rotatable bonds is 5. The molecule has 0 bridgehead atoms. The van der Waals surface area contributed by atoms with Crippen molar-refractivity contribution in [3.8, 4) is 12.0 Å². The predicted octanol–water partition coefficient (Wildman–Crippen LogP) is 2.90. The molecule has 1 aliphatic heterocycles. The van der Waals surface area contributed by atoms with Crippen molar-refractivity contribution >= 4 is 28.2 Å². The second-order valence-corrected chi connectivity index (χ2v) is 8.90. The van der Waals surface area contributed by atoms with E-state index >= 15 is 0 Å². The zero-order valence-corrected chi connectivity index (χ0v) is 19.6. The number of ether oxygens (including phenoxy) is 1. The average molecular weight is 495 g/mol. The zero-order chi connectivity index (χ0) is 25.5. The summed E-state index contributed by atoms with van der Waals surface area (Å²) in [7, 11) is 0. The molecule has 4 heterocycles. The second-order valence-electron chi connectivity index (χ2n) is 8.90. The Morgan fingerprint density at radius 1 is 1.14 bits per heavy atom. The Balaban J connectivity index is 1.52. The van der Waals surface area contributed by atoms with Gasteiger partial charge in [0.2, 0.25) is 5.95 Å². The molecule has 5 aromatic rings. The molecule has 1 N–H and O–H groups in total. The first kappa shape index (κ1) is 22.6. The predicted molar refractivity (Wildman–Crippen MR) is 133 cm³/mol. The van der Waals surface area contributed by atoms with Crippen LogP contribution in [0.25, 0.3) is 28.1 Å². The van der Waals surface area contributed by atoms with E-state index in [1.54, 1.807) is 62.6 Å². The van der Waals surface area contributed by atoms with Gasteiger partial charge in [-0.3, -0.25) is 13.7 Å². The molecule has 11 heteroatoms. The quantitative estimate of drug-likeness (QED) is 0.392. The van der Waals surface area contributed by atoms with E-state index in [0.717, 1.165) is 0 Å². The minimum absolute atomic E-state index is 0.0946. The van der Waals surface area contributed by atoms with Crippen molar-refractivity contribution in [2.45, 2.75) is 25.4 Å². The SMILES string of the molecule is N#Cc1ccc2ncn(-c3ncc4c(n3)n(C3CCOCC3)c(=O)n4Cc3cccc(C(=O)O)c3)c2c1. The zero-order valence-electron chi connectivity index (χ0n) is 19.6. The maximum atomic E-state index is 13.8. The number of nitriles is 1. The van der Waals surface area contributed by atoms with Crippen molar-refractivity contribution in [2.75, 3.05) is 13.2 Å². The van der Waals surface area contributed by atoms with E-state index < -0.39 is 5.97 Å². The lowest BCUT2D eigenvalue weighted by Crippen LogP contribution is -2.31. The van der Waals surface area contributed by atoms with Crippen molar-refractivity contribution < 1.29 is 14.6 Å². The normalized spacial score (nSPS) is 14.2. The summed E-state index contributed by atoms with van der Waals surface area (Å²) < 4.78 is 10.5. The highest BCUT2D eigenvalue weighted by Gasteiger charge is 2.25. The van der Waals surface area contributed by atoms with Gasteiger partial charge >= 0.3 is 11.7 Å². The first-order valence-electron chi connectivity index (χ1n) is 11.8. The molecule has 2 aromatic carbocycles. The number of benzene rings is 2. The summed E-state index contributed by atoms with van der Waals surface area (Å²) in [5, 5.41) is 18.7. The molecule has 0 amide bonds. The number of hydrogen-bond donors (Lipinski definition) is 1. The Morgan fingerprint density at radius 3 is 2.76 bits per heavy atom. The van der Waals surface area contributed by atoms with Crippen LogP contribution in [-0.4, -0.2) is 52.9 Å². The summed E-state index contributed by atoms with van der Waals surface area (Å²) >= 11 is 0. The molecule has 6 rings (SSSR count). The number of carbonyl (C=O) groups is 1. The van der Waals surface area contributed by atoms with E-state index in [-0.39, 0.29) is 23.8 Å². The number of carboxylic acid groups (broad SMARTS) is 1. The number of hydrogen-bond acceptors (Lipinski definition) is 7. The molecule has 1 fully saturated rings. The third kappa shape index (κ3) is 3.93. The highest BCUT2D eigenvalue weighted by atomic mass is 16.5. The van der Waals surface area contributed by atoms with E-state index in [1.165, 1.54) is 6.07 Å². The van der Waals surface area contributed by atoms with Crippen molar-refractivity contribution in [1.29, 1.82) is 5.26 Å². The van der Waals surface area contributed by atoms with Crippen LogP contribution < -0.4 is 5.69 Å². The Hall–Kier alpha value is -4.82. The summed E-state index contributed by atoms with van der Waals surface area (Å²) in [4.78, 5) is 38.9. The van der Waals surface area contributed by atoms with Gasteiger partial charge in [-0.15, -0.1) is 0 Å². The second kappa shape index (κ2) is 9.00. The van der Waals surface area contributed by atoms with Gasteiger partial charge in [-0.25, -0.2) is 19.6 Å². The molecule has 184 valence electrons. The Kier molecular flexibility index (Phi) is 5.50. The molecule has 1 aliphatic rings. The van der Waals surface area contributed by atoms with Crippen LogP contribution in [-0.2, 0) is 11.3 Å². The van der Waals surface area contributed by atoms with Gasteiger partial charge in [0.15, 0.2) is 5.65 Å². The number of carboxylic acids is 1. The number of imidazole rings is 2. The van der Waals surface area contributed by atoms with Gasteiger partial charge in [-0.2, -0.15) is 10.2 Å². The fourth-order valence-electron chi connectivity index (χ4n) is 4.81. The van der Waals surface area contributed by atoms with Crippen LogP contribution in [0.2, 0.25) is 0 Å². The molecular formula is C26H21N7O4. The number of aromatic carboxylic acids is 1. The average Bonchev–Trinajstić information content (AvgIpc) is 3.47. The van der Waals surface area contributed by atoms with Gasteiger partial charge < -0.3 is 9.84 Å². The van der Waals surface area contributed by atoms with E-state index in [9.17, 15) is 20.0 Å². The molecular weight excluding hydrogens is 474 g/mol. The molecule has 3 aromatic heterocycles. The van der Waals surface area contributed by atoms with Gasteiger partial charge in [-0.1, -0.05) is 12.1 Å². The topological polar surface area (TPSA) is 141 Å². The van der Waals surface area contributed by atoms with E-state index in [2.05, 4.69) is 16.0 Å². The van der Waals surface area contributed by atoms with Crippen LogP contribution in [0.5, 0.6) is 0 Å². The molecule has 0 radical (unpaired) electrons.